The van der Waals surface area contributed by atoms with Crippen molar-refractivity contribution in [3.8, 4) is 0 Å². The molecule has 1 amide bonds. The van der Waals surface area contributed by atoms with Crippen molar-refractivity contribution in [2.24, 2.45) is 5.16 Å². The molecule has 4 rings (SSSR count). The molecule has 1 aliphatic rings. The van der Waals surface area contributed by atoms with Crippen LogP contribution in [0.15, 0.2) is 78.0 Å². The topological polar surface area (TPSA) is 68.2 Å². The minimum absolute atomic E-state index is 0.130. The molecular weight excluding hydrogens is 435 g/mol. The van der Waals surface area contributed by atoms with Crippen molar-refractivity contribution in [1.29, 1.82) is 0 Å². The van der Waals surface area contributed by atoms with E-state index in [1.165, 1.54) is 12.1 Å². The number of carbonyl (C=O) groups is 2. The lowest BCUT2D eigenvalue weighted by molar-refractivity contribution is -0.112. The number of benzene rings is 3. The van der Waals surface area contributed by atoms with Gasteiger partial charge in [0.1, 0.15) is 18.0 Å². The van der Waals surface area contributed by atoms with Gasteiger partial charge in [0, 0.05) is 5.56 Å². The predicted molar refractivity (Wildman–Crippen MR) is 127 cm³/mol. The summed E-state index contributed by atoms with van der Waals surface area (Å²) >= 11 is 0. The SMILES string of the molecule is CC(C)(C)OC(=O)c1ccc(CO/N=C2\C(=O)N(Cc3ccc(F)cc3)c3ccccc32)cc1. The van der Waals surface area contributed by atoms with Crippen molar-refractivity contribution in [1.82, 2.24) is 0 Å². The maximum atomic E-state index is 13.2. The summed E-state index contributed by atoms with van der Waals surface area (Å²) in [5.74, 6) is -1.01. The minimum Gasteiger partial charge on any atom is -0.456 e. The predicted octanol–water partition coefficient (Wildman–Crippen LogP) is 5.25. The zero-order valence-electron chi connectivity index (χ0n) is 19.2. The maximum absolute atomic E-state index is 13.2. The van der Waals surface area contributed by atoms with Gasteiger partial charge >= 0.3 is 5.97 Å². The highest BCUT2D eigenvalue weighted by Gasteiger charge is 2.34. The first kappa shape index (κ1) is 23.2. The molecular formula is C27H25FN2O4. The molecule has 34 heavy (non-hydrogen) atoms. The van der Waals surface area contributed by atoms with Crippen molar-refractivity contribution in [3.05, 3.63) is 101 Å². The normalized spacial score (nSPS) is 14.3. The zero-order chi connectivity index (χ0) is 24.3. The van der Waals surface area contributed by atoms with E-state index in [0.717, 1.165) is 16.8 Å². The third kappa shape index (κ3) is 5.31. The number of para-hydroxylation sites is 1. The summed E-state index contributed by atoms with van der Waals surface area (Å²) in [5, 5.41) is 4.13. The molecule has 6 nitrogen and oxygen atoms in total. The molecule has 0 radical (unpaired) electrons. The molecule has 0 unspecified atom stereocenters. The monoisotopic (exact) mass is 460 g/mol. The van der Waals surface area contributed by atoms with Crippen molar-refractivity contribution >= 4 is 23.3 Å². The molecule has 0 atom stereocenters. The Bertz CT molecular complexity index is 1230. The molecule has 0 spiro atoms. The summed E-state index contributed by atoms with van der Waals surface area (Å²) in [6, 6.07) is 20.2. The van der Waals surface area contributed by atoms with Gasteiger partial charge in [0.25, 0.3) is 5.91 Å². The van der Waals surface area contributed by atoms with Crippen LogP contribution in [0.4, 0.5) is 10.1 Å². The molecule has 1 heterocycles. The Balaban J connectivity index is 1.45. The van der Waals surface area contributed by atoms with Crippen LogP contribution in [0, 0.1) is 5.82 Å². The van der Waals surface area contributed by atoms with Crippen LogP contribution in [0.2, 0.25) is 0 Å². The Morgan fingerprint density at radius 3 is 2.26 bits per heavy atom. The number of anilines is 1. The van der Waals surface area contributed by atoms with E-state index in [2.05, 4.69) is 5.16 Å². The molecule has 0 bridgehead atoms. The number of fused-ring (bicyclic) bond motifs is 1. The van der Waals surface area contributed by atoms with E-state index < -0.39 is 11.6 Å². The second-order valence-corrected chi connectivity index (χ2v) is 8.95. The number of esters is 1. The first-order chi connectivity index (χ1) is 16.2. The lowest BCUT2D eigenvalue weighted by Gasteiger charge is -2.19. The number of ether oxygens (including phenoxy) is 1. The lowest BCUT2D eigenvalue weighted by atomic mass is 10.1. The molecule has 7 heteroatoms. The van der Waals surface area contributed by atoms with Gasteiger partial charge in [-0.1, -0.05) is 47.6 Å². The minimum atomic E-state index is -0.566. The number of nitrogens with zero attached hydrogens (tertiary/aromatic N) is 2. The smallest absolute Gasteiger partial charge is 0.338 e. The van der Waals surface area contributed by atoms with Gasteiger partial charge in [0.05, 0.1) is 17.8 Å². The first-order valence-electron chi connectivity index (χ1n) is 10.9. The van der Waals surface area contributed by atoms with E-state index in [1.807, 2.05) is 45.0 Å². The van der Waals surface area contributed by atoms with Gasteiger partial charge in [0.2, 0.25) is 0 Å². The quantitative estimate of drug-likeness (QED) is 0.372. The Labute approximate surface area is 197 Å². The summed E-state index contributed by atoms with van der Waals surface area (Å²) in [6.45, 7) is 5.87. The maximum Gasteiger partial charge on any atom is 0.338 e. The zero-order valence-corrected chi connectivity index (χ0v) is 19.2. The van der Waals surface area contributed by atoms with Gasteiger partial charge in [-0.15, -0.1) is 0 Å². The van der Waals surface area contributed by atoms with Crippen LogP contribution in [-0.2, 0) is 27.5 Å². The fourth-order valence-electron chi connectivity index (χ4n) is 3.52. The first-order valence-corrected chi connectivity index (χ1v) is 10.9. The van der Waals surface area contributed by atoms with Gasteiger partial charge in [-0.25, -0.2) is 9.18 Å². The summed E-state index contributed by atoms with van der Waals surface area (Å²) in [5.41, 5.74) is 3.08. The molecule has 0 N–H and O–H groups in total. The van der Waals surface area contributed by atoms with Crippen LogP contribution < -0.4 is 4.90 Å². The van der Waals surface area contributed by atoms with Crippen LogP contribution >= 0.6 is 0 Å². The van der Waals surface area contributed by atoms with Crippen LogP contribution in [0.3, 0.4) is 0 Å². The van der Waals surface area contributed by atoms with Crippen molar-refractivity contribution in [3.63, 3.8) is 0 Å². The van der Waals surface area contributed by atoms with Gasteiger partial charge < -0.3 is 14.5 Å². The third-order valence-corrected chi connectivity index (χ3v) is 5.13. The summed E-state index contributed by atoms with van der Waals surface area (Å²) in [6.07, 6.45) is 0. The molecule has 0 aromatic heterocycles. The van der Waals surface area contributed by atoms with Gasteiger partial charge in [-0.2, -0.15) is 0 Å². The average Bonchev–Trinajstić information content (AvgIpc) is 3.06. The Hall–Kier alpha value is -4.00. The number of halogens is 1. The Morgan fingerprint density at radius 1 is 0.941 bits per heavy atom. The number of rotatable bonds is 6. The van der Waals surface area contributed by atoms with Gasteiger partial charge in [-0.3, -0.25) is 4.79 Å². The number of hydrogen-bond donors (Lipinski definition) is 0. The summed E-state index contributed by atoms with van der Waals surface area (Å²) in [4.78, 5) is 32.4. The standard InChI is InChI=1S/C27H25FN2O4/c1-27(2,3)34-26(32)20-12-8-19(9-13-20)17-33-29-24-22-6-4-5-7-23(22)30(25(24)31)16-18-10-14-21(28)15-11-18/h4-15H,16-17H2,1-3H3/b29-24-. The summed E-state index contributed by atoms with van der Waals surface area (Å²) < 4.78 is 18.6. The highest BCUT2D eigenvalue weighted by atomic mass is 19.1. The summed E-state index contributed by atoms with van der Waals surface area (Å²) in [7, 11) is 0. The van der Waals surface area contributed by atoms with Crippen LogP contribution in [0.1, 0.15) is 47.8 Å². The fourth-order valence-corrected chi connectivity index (χ4v) is 3.52. The molecule has 0 saturated heterocycles. The van der Waals surface area contributed by atoms with Crippen molar-refractivity contribution < 1.29 is 23.6 Å². The molecule has 0 fully saturated rings. The molecule has 174 valence electrons. The lowest BCUT2D eigenvalue weighted by Crippen LogP contribution is -2.29. The van der Waals surface area contributed by atoms with Gasteiger partial charge in [-0.05, 0) is 62.2 Å². The van der Waals surface area contributed by atoms with E-state index in [1.54, 1.807) is 41.3 Å². The molecule has 1 aliphatic heterocycles. The van der Waals surface area contributed by atoms with E-state index in [9.17, 15) is 14.0 Å². The van der Waals surface area contributed by atoms with Crippen LogP contribution in [-0.4, -0.2) is 23.2 Å². The molecule has 0 aliphatic carbocycles. The number of carbonyl (C=O) groups excluding carboxylic acids is 2. The average molecular weight is 461 g/mol. The van der Waals surface area contributed by atoms with Gasteiger partial charge in [0.15, 0.2) is 5.71 Å². The molecule has 3 aromatic carbocycles. The van der Waals surface area contributed by atoms with Crippen LogP contribution in [0.5, 0.6) is 0 Å². The number of hydrogen-bond acceptors (Lipinski definition) is 5. The van der Waals surface area contributed by atoms with E-state index in [0.29, 0.717) is 17.7 Å². The Kier molecular flexibility index (Phi) is 6.45. The second kappa shape index (κ2) is 9.47. The van der Waals surface area contributed by atoms with E-state index in [4.69, 9.17) is 9.57 Å². The molecule has 3 aromatic rings. The Morgan fingerprint density at radius 2 is 1.59 bits per heavy atom. The second-order valence-electron chi connectivity index (χ2n) is 8.95. The van der Waals surface area contributed by atoms with Crippen LogP contribution in [0.25, 0.3) is 0 Å². The highest BCUT2D eigenvalue weighted by molar-refractivity contribution is 6.54. The number of oxime groups is 1. The van der Waals surface area contributed by atoms with Crippen molar-refractivity contribution in [2.75, 3.05) is 4.90 Å². The fraction of sp³-hybridized carbons (Fsp3) is 0.222. The largest absolute Gasteiger partial charge is 0.456 e. The number of amides is 1. The molecule has 0 saturated carbocycles. The highest BCUT2D eigenvalue weighted by Crippen LogP contribution is 2.30. The van der Waals surface area contributed by atoms with E-state index >= 15 is 0 Å². The third-order valence-electron chi connectivity index (χ3n) is 5.13. The van der Waals surface area contributed by atoms with E-state index in [-0.39, 0.29) is 24.0 Å². The van der Waals surface area contributed by atoms with Crippen molar-refractivity contribution in [2.45, 2.75) is 39.5 Å².